The van der Waals surface area contributed by atoms with Crippen LogP contribution in [-0.4, -0.2) is 25.3 Å². The predicted molar refractivity (Wildman–Crippen MR) is 50.8 cm³/mol. The first-order valence-electron chi connectivity index (χ1n) is 4.50. The fraction of sp³-hybridized carbons (Fsp3) is 0.300. The SMILES string of the molecule is Nc1ccc(C(=O)OC2COC2)c(F)c1. The molecule has 0 saturated carbocycles. The summed E-state index contributed by atoms with van der Waals surface area (Å²) in [7, 11) is 0. The number of carbonyl (C=O) groups is 1. The van der Waals surface area contributed by atoms with Gasteiger partial charge in [0, 0.05) is 5.69 Å². The lowest BCUT2D eigenvalue weighted by molar-refractivity contribution is -0.103. The zero-order valence-corrected chi connectivity index (χ0v) is 7.90. The summed E-state index contributed by atoms with van der Waals surface area (Å²) < 4.78 is 23.0. The molecule has 1 heterocycles. The quantitative estimate of drug-likeness (QED) is 0.584. The molecule has 0 radical (unpaired) electrons. The lowest BCUT2D eigenvalue weighted by Gasteiger charge is -2.25. The van der Waals surface area contributed by atoms with Crippen molar-refractivity contribution in [3.05, 3.63) is 29.6 Å². The Hall–Kier alpha value is -1.62. The van der Waals surface area contributed by atoms with Crippen LogP contribution in [0.15, 0.2) is 18.2 Å². The molecule has 0 unspecified atom stereocenters. The zero-order chi connectivity index (χ0) is 10.8. The van der Waals surface area contributed by atoms with Gasteiger partial charge in [-0.3, -0.25) is 0 Å². The Bertz CT molecular complexity index is 390. The van der Waals surface area contributed by atoms with E-state index in [1.807, 2.05) is 0 Å². The summed E-state index contributed by atoms with van der Waals surface area (Å²) in [5.41, 5.74) is 5.53. The monoisotopic (exact) mass is 211 g/mol. The Kier molecular flexibility index (Phi) is 2.55. The van der Waals surface area contributed by atoms with E-state index in [0.717, 1.165) is 6.07 Å². The molecule has 2 N–H and O–H groups in total. The minimum absolute atomic E-state index is 0.101. The van der Waals surface area contributed by atoms with E-state index in [9.17, 15) is 9.18 Å². The number of nitrogen functional groups attached to an aromatic ring is 1. The van der Waals surface area contributed by atoms with Crippen LogP contribution in [0.3, 0.4) is 0 Å². The number of ether oxygens (including phenoxy) is 2. The van der Waals surface area contributed by atoms with Crippen LogP contribution in [0, 0.1) is 5.82 Å². The number of benzene rings is 1. The molecule has 15 heavy (non-hydrogen) atoms. The van der Waals surface area contributed by atoms with Crippen LogP contribution in [-0.2, 0) is 9.47 Å². The molecule has 1 aliphatic heterocycles. The van der Waals surface area contributed by atoms with Crippen molar-refractivity contribution in [2.75, 3.05) is 18.9 Å². The summed E-state index contributed by atoms with van der Waals surface area (Å²) in [4.78, 5) is 11.4. The van der Waals surface area contributed by atoms with E-state index < -0.39 is 11.8 Å². The molecular weight excluding hydrogens is 201 g/mol. The minimum atomic E-state index is -0.680. The molecule has 80 valence electrons. The maximum atomic E-state index is 13.3. The van der Waals surface area contributed by atoms with Gasteiger partial charge in [-0.25, -0.2) is 9.18 Å². The Morgan fingerprint density at radius 3 is 2.80 bits per heavy atom. The number of halogens is 1. The third-order valence-electron chi connectivity index (χ3n) is 2.09. The van der Waals surface area contributed by atoms with Crippen molar-refractivity contribution >= 4 is 11.7 Å². The fourth-order valence-electron chi connectivity index (χ4n) is 1.19. The first-order chi connectivity index (χ1) is 7.16. The van der Waals surface area contributed by atoms with Crippen molar-refractivity contribution in [2.45, 2.75) is 6.10 Å². The van der Waals surface area contributed by atoms with E-state index in [0.29, 0.717) is 13.2 Å². The molecule has 0 atom stereocenters. The summed E-state index contributed by atoms with van der Waals surface area (Å²) in [5.74, 6) is -1.35. The number of carbonyl (C=O) groups excluding carboxylic acids is 1. The van der Waals surface area contributed by atoms with E-state index in [1.54, 1.807) is 0 Å². The van der Waals surface area contributed by atoms with Crippen LogP contribution in [0.25, 0.3) is 0 Å². The number of esters is 1. The molecule has 5 heteroatoms. The molecule has 1 saturated heterocycles. The van der Waals surface area contributed by atoms with E-state index in [-0.39, 0.29) is 17.4 Å². The second kappa shape index (κ2) is 3.86. The van der Waals surface area contributed by atoms with Crippen LogP contribution < -0.4 is 5.73 Å². The van der Waals surface area contributed by atoms with Crippen LogP contribution >= 0.6 is 0 Å². The average Bonchev–Trinajstić information content (AvgIpc) is 2.11. The Labute approximate surface area is 85.8 Å². The largest absolute Gasteiger partial charge is 0.454 e. The molecule has 0 spiro atoms. The lowest BCUT2D eigenvalue weighted by Crippen LogP contribution is -2.37. The van der Waals surface area contributed by atoms with Gasteiger partial charge in [0.05, 0.1) is 18.8 Å². The maximum Gasteiger partial charge on any atom is 0.341 e. The zero-order valence-electron chi connectivity index (χ0n) is 7.90. The van der Waals surface area contributed by atoms with Gasteiger partial charge in [-0.2, -0.15) is 0 Å². The first-order valence-corrected chi connectivity index (χ1v) is 4.50. The van der Waals surface area contributed by atoms with Crippen LogP contribution in [0.1, 0.15) is 10.4 Å². The standard InChI is InChI=1S/C10H10FNO3/c11-9-3-6(12)1-2-8(9)10(13)15-7-4-14-5-7/h1-3,7H,4-5,12H2. The summed E-state index contributed by atoms with van der Waals surface area (Å²) in [5, 5.41) is 0. The van der Waals surface area contributed by atoms with Crippen molar-refractivity contribution in [1.29, 1.82) is 0 Å². The number of rotatable bonds is 2. The van der Waals surface area contributed by atoms with E-state index in [2.05, 4.69) is 0 Å². The van der Waals surface area contributed by atoms with Crippen molar-refractivity contribution in [3.63, 3.8) is 0 Å². The van der Waals surface area contributed by atoms with Crippen molar-refractivity contribution < 1.29 is 18.7 Å². The summed E-state index contributed by atoms with van der Waals surface area (Å²) >= 11 is 0. The highest BCUT2D eigenvalue weighted by Gasteiger charge is 2.24. The second-order valence-electron chi connectivity index (χ2n) is 3.30. The van der Waals surface area contributed by atoms with Gasteiger partial charge >= 0.3 is 5.97 Å². The molecule has 1 fully saturated rings. The van der Waals surface area contributed by atoms with Crippen LogP contribution in [0.2, 0.25) is 0 Å². The van der Waals surface area contributed by atoms with Gasteiger partial charge in [0.2, 0.25) is 0 Å². The van der Waals surface area contributed by atoms with Crippen LogP contribution in [0.5, 0.6) is 0 Å². The summed E-state index contributed by atoms with van der Waals surface area (Å²) in [6.07, 6.45) is -0.255. The van der Waals surface area contributed by atoms with E-state index >= 15 is 0 Å². The van der Waals surface area contributed by atoms with Gasteiger partial charge in [0.15, 0.2) is 0 Å². The molecular formula is C10H10FNO3. The Morgan fingerprint density at radius 2 is 2.27 bits per heavy atom. The molecule has 0 aliphatic carbocycles. The maximum absolute atomic E-state index is 13.3. The number of hydrogen-bond acceptors (Lipinski definition) is 4. The van der Waals surface area contributed by atoms with Crippen LogP contribution in [0.4, 0.5) is 10.1 Å². The van der Waals surface area contributed by atoms with Crippen molar-refractivity contribution in [3.8, 4) is 0 Å². The average molecular weight is 211 g/mol. The van der Waals surface area contributed by atoms with E-state index in [1.165, 1.54) is 12.1 Å². The molecule has 4 nitrogen and oxygen atoms in total. The van der Waals surface area contributed by atoms with Gasteiger partial charge in [0.25, 0.3) is 0 Å². The molecule has 0 amide bonds. The number of hydrogen-bond donors (Lipinski definition) is 1. The van der Waals surface area contributed by atoms with Gasteiger partial charge in [-0.05, 0) is 18.2 Å². The molecule has 0 bridgehead atoms. The normalized spacial score (nSPS) is 15.8. The van der Waals surface area contributed by atoms with Crippen molar-refractivity contribution in [1.82, 2.24) is 0 Å². The number of nitrogens with two attached hydrogens (primary N) is 1. The van der Waals surface area contributed by atoms with Gasteiger partial charge in [-0.1, -0.05) is 0 Å². The first kappa shape index (κ1) is 9.92. The Balaban J connectivity index is 2.10. The predicted octanol–water partition coefficient (Wildman–Crippen LogP) is 0.964. The summed E-state index contributed by atoms with van der Waals surface area (Å²) in [6, 6.07) is 3.86. The van der Waals surface area contributed by atoms with Gasteiger partial charge in [-0.15, -0.1) is 0 Å². The highest BCUT2D eigenvalue weighted by atomic mass is 19.1. The number of anilines is 1. The molecule has 1 aliphatic rings. The topological polar surface area (TPSA) is 61.6 Å². The Morgan fingerprint density at radius 1 is 1.53 bits per heavy atom. The molecule has 2 rings (SSSR count). The highest BCUT2D eigenvalue weighted by Crippen LogP contribution is 2.15. The molecule has 1 aromatic carbocycles. The summed E-state index contributed by atoms with van der Waals surface area (Å²) in [6.45, 7) is 0.755. The minimum Gasteiger partial charge on any atom is -0.454 e. The third kappa shape index (κ3) is 2.07. The van der Waals surface area contributed by atoms with Gasteiger partial charge in [0.1, 0.15) is 11.9 Å². The van der Waals surface area contributed by atoms with Crippen molar-refractivity contribution in [2.24, 2.45) is 0 Å². The highest BCUT2D eigenvalue weighted by molar-refractivity contribution is 5.90. The smallest absolute Gasteiger partial charge is 0.341 e. The molecule has 1 aromatic rings. The second-order valence-corrected chi connectivity index (χ2v) is 3.30. The third-order valence-corrected chi connectivity index (χ3v) is 2.09. The van der Waals surface area contributed by atoms with Gasteiger partial charge < -0.3 is 15.2 Å². The molecule has 0 aromatic heterocycles. The lowest BCUT2D eigenvalue weighted by atomic mass is 10.2. The fourth-order valence-corrected chi connectivity index (χ4v) is 1.19. The van der Waals surface area contributed by atoms with E-state index in [4.69, 9.17) is 15.2 Å².